The molecule has 78 heavy (non-hydrogen) atoms. The zero-order valence-corrected chi connectivity index (χ0v) is 44.9. The minimum atomic E-state index is -6.09. The van der Waals surface area contributed by atoms with Gasteiger partial charge in [0.15, 0.2) is 5.65 Å². The van der Waals surface area contributed by atoms with E-state index in [1.807, 2.05) is 19.2 Å². The lowest BCUT2D eigenvalue weighted by Crippen LogP contribution is -2.40. The molecule has 1 aliphatic carbocycles. The van der Waals surface area contributed by atoms with Crippen LogP contribution >= 0.6 is 23.5 Å². The molecule has 6 aromatic rings. The first-order valence-electron chi connectivity index (χ1n) is 24.4. The number of benzene rings is 5. The molecule has 410 valence electrons. The number of amides is 1. The Balaban J connectivity index is 0.000000191. The van der Waals surface area contributed by atoms with Crippen LogP contribution in [0.1, 0.15) is 25.5 Å². The van der Waals surface area contributed by atoms with E-state index in [2.05, 4.69) is 182 Å². The molecule has 24 nitrogen and oxygen atoms in total. The summed E-state index contributed by atoms with van der Waals surface area (Å²) in [6, 6.07) is 44.3. The lowest BCUT2D eigenvalue weighted by molar-refractivity contribution is -0.250. The Morgan fingerprint density at radius 2 is 1.58 bits per heavy atom. The number of aromatic nitrogens is 4. The normalized spacial score (nSPS) is 19.8. The van der Waals surface area contributed by atoms with Crippen LogP contribution in [0, 0.1) is 5.92 Å². The van der Waals surface area contributed by atoms with Gasteiger partial charge in [-0.1, -0.05) is 66.7 Å². The summed E-state index contributed by atoms with van der Waals surface area (Å²) in [6.07, 6.45) is -1.24. The van der Waals surface area contributed by atoms with E-state index in [0.29, 0.717) is 0 Å². The fourth-order valence-corrected chi connectivity index (χ4v) is 12.1. The molecule has 4 aliphatic rings. The van der Waals surface area contributed by atoms with Gasteiger partial charge in [-0.15, -0.1) is 0 Å². The number of aliphatic hydroxyl groups is 1. The van der Waals surface area contributed by atoms with Crippen molar-refractivity contribution in [1.29, 1.82) is 0 Å². The number of phosphoric ester groups is 1. The quantitative estimate of drug-likeness (QED) is 0.0377. The number of rotatable bonds is 16. The van der Waals surface area contributed by atoms with Gasteiger partial charge in [0.25, 0.3) is 23.5 Å². The van der Waals surface area contributed by atoms with Crippen LogP contribution in [-0.4, -0.2) is 100 Å². The van der Waals surface area contributed by atoms with E-state index in [1.165, 1.54) is 22.0 Å². The number of carbonyl (C=O) groups excluding carboxylic acids is 1. The third-order valence-corrected chi connectivity index (χ3v) is 16.9. The Kier molecular flexibility index (Phi) is 17.0. The zero-order chi connectivity index (χ0) is 55.4. The topological polar surface area (TPSA) is 325 Å². The lowest BCUT2D eigenvalue weighted by atomic mass is 9.93. The lowest BCUT2D eigenvalue weighted by Gasteiger charge is -2.33. The Morgan fingerprint density at radius 1 is 0.897 bits per heavy atom. The number of piperidine rings is 1. The van der Waals surface area contributed by atoms with Crippen molar-refractivity contribution in [1.82, 2.24) is 34.3 Å². The molecule has 0 spiro atoms. The summed E-state index contributed by atoms with van der Waals surface area (Å²) in [7, 11) is -11.6. The van der Waals surface area contributed by atoms with Gasteiger partial charge in [0, 0.05) is 71.5 Å². The number of ether oxygens (including phenoxy) is 1. The van der Waals surface area contributed by atoms with Crippen LogP contribution in [0.4, 0.5) is 22.9 Å². The van der Waals surface area contributed by atoms with Crippen molar-refractivity contribution in [2.75, 3.05) is 57.7 Å². The Hall–Kier alpha value is -6.72. The molecule has 0 bridgehead atoms. The monoisotopic (exact) mass is 1130 g/mol. The number of phosphoric acid groups is 3. The number of imidazole rings is 1. The predicted octanol–water partition coefficient (Wildman–Crippen LogP) is 4.75. The number of fused-ring (bicyclic) bond motifs is 3. The van der Waals surface area contributed by atoms with Gasteiger partial charge in [0.1, 0.15) is 42.1 Å². The van der Waals surface area contributed by atoms with Gasteiger partial charge in [0.2, 0.25) is 17.0 Å². The van der Waals surface area contributed by atoms with Gasteiger partial charge >= 0.3 is 5.69 Å². The summed E-state index contributed by atoms with van der Waals surface area (Å²) in [5, 5.41) is 18.2. The smallest absolute Gasteiger partial charge is 0.348 e. The molecule has 2 fully saturated rings. The number of nitrogens with zero attached hydrogens (tertiary/aromatic N) is 6. The third-order valence-electron chi connectivity index (χ3n) is 13.2. The molecule has 4 aromatic carbocycles. The summed E-state index contributed by atoms with van der Waals surface area (Å²) >= 11 is 0. The van der Waals surface area contributed by atoms with Crippen molar-refractivity contribution in [2.24, 2.45) is 5.92 Å². The van der Waals surface area contributed by atoms with E-state index in [4.69, 9.17) is 14.0 Å². The molecule has 10 rings (SSSR count). The van der Waals surface area contributed by atoms with Crippen molar-refractivity contribution in [3.63, 3.8) is 0 Å². The maximum Gasteiger partial charge on any atom is 0.348 e. The average molecular weight is 1130 g/mol. The van der Waals surface area contributed by atoms with Crippen molar-refractivity contribution >= 4 is 74.4 Å². The number of likely N-dealkylation sites (tertiary alicyclic amines) is 1. The summed E-state index contributed by atoms with van der Waals surface area (Å²) in [5.41, 5.74) is 7.11. The summed E-state index contributed by atoms with van der Waals surface area (Å²) in [5.74, 6) is 0.748. The van der Waals surface area contributed by atoms with Crippen LogP contribution in [0.15, 0.2) is 143 Å². The number of hydrogen-bond acceptors (Lipinski definition) is 19. The first kappa shape index (κ1) is 56.0. The Labute approximate surface area is 446 Å². The number of aliphatic hydroxyl groups excluding tert-OH is 1. The van der Waals surface area contributed by atoms with Crippen molar-refractivity contribution < 1.29 is 65.5 Å². The van der Waals surface area contributed by atoms with Gasteiger partial charge in [-0.2, -0.15) is 9.56 Å². The number of para-hydroxylation sites is 2. The van der Waals surface area contributed by atoms with Gasteiger partial charge < -0.3 is 58.8 Å². The van der Waals surface area contributed by atoms with Gasteiger partial charge in [-0.05, 0) is 68.9 Å². The van der Waals surface area contributed by atoms with E-state index >= 15 is 0 Å². The highest BCUT2D eigenvalue weighted by Crippen LogP contribution is 2.61. The first-order chi connectivity index (χ1) is 37.2. The third kappa shape index (κ3) is 13.6. The summed E-state index contributed by atoms with van der Waals surface area (Å²) in [6.45, 7) is 0.626. The van der Waals surface area contributed by atoms with E-state index < -0.39 is 54.2 Å². The number of H-pyrrole nitrogens is 1. The maximum absolute atomic E-state index is 12.5. The first-order valence-corrected chi connectivity index (χ1v) is 28.8. The zero-order valence-electron chi connectivity index (χ0n) is 42.2. The standard InChI is InChI=1S/C33H27N2O.C18H30N7O14P3/c1-34(25-14-8-4-9-15-25)27-18-20-29-31(22-27)36-32-23-28(35(2)26-16-10-5-11-17-26)19-21-30(32)33(29)24-12-6-3-7-13-24;1-24-4-2-10(3-5-24)17(27)20-8-19-15-14-16(23-18(28)22-15)25(9-21-14)13-6-11(26)12(37-13)7-36-41(32,33)39-42(34,35)38-40(29,30)31/h3-23H,1-2H3;9-13,26H,2-8H2,1H3,(H,20,27)(H,32,33)(H,34,35)(H2,29,30,31)(H2,19,22,23,28)/q+1;/p-3/t;11?,12-,13-/m.1/s1. The highest BCUT2D eigenvalue weighted by molar-refractivity contribution is 7.65. The summed E-state index contributed by atoms with van der Waals surface area (Å²) < 4.78 is 60.4. The highest BCUT2D eigenvalue weighted by Gasteiger charge is 2.38. The van der Waals surface area contributed by atoms with Crippen molar-refractivity contribution in [3.8, 4) is 22.5 Å². The molecule has 2 saturated heterocycles. The average Bonchev–Trinajstić information content (AvgIpc) is 4.15. The van der Waals surface area contributed by atoms with Gasteiger partial charge in [-0.3, -0.25) is 28.0 Å². The molecule has 0 radical (unpaired) electrons. The Bertz CT molecular complexity index is 3670. The van der Waals surface area contributed by atoms with Gasteiger partial charge in [-0.25, -0.2) is 18.4 Å². The fourth-order valence-electron chi connectivity index (χ4n) is 9.20. The number of carbonyl (C=O) groups is 1. The van der Waals surface area contributed by atoms with Gasteiger partial charge in [0.05, 0.1) is 31.8 Å². The minimum absolute atomic E-state index is 0.0194. The molecule has 3 aliphatic heterocycles. The van der Waals surface area contributed by atoms with Crippen LogP contribution in [-0.2, 0) is 36.4 Å². The van der Waals surface area contributed by atoms with Crippen LogP contribution in [0.25, 0.3) is 44.6 Å². The molecular formula is C51H54N9O15P3-2. The molecule has 4 unspecified atom stereocenters. The number of anilines is 3. The van der Waals surface area contributed by atoms with Crippen LogP contribution in [0.5, 0.6) is 0 Å². The van der Waals surface area contributed by atoms with E-state index in [-0.39, 0.29) is 41.9 Å². The molecule has 6 atom stereocenters. The molecule has 5 N–H and O–H groups in total. The van der Waals surface area contributed by atoms with Crippen LogP contribution < -0.4 is 45.8 Å². The van der Waals surface area contributed by atoms with Crippen molar-refractivity contribution in [2.45, 2.75) is 37.7 Å². The predicted molar refractivity (Wildman–Crippen MR) is 283 cm³/mol. The van der Waals surface area contributed by atoms with Crippen molar-refractivity contribution in [3.05, 3.63) is 150 Å². The van der Waals surface area contributed by atoms with E-state index in [9.17, 15) is 43.1 Å². The molecule has 1 amide bonds. The second kappa shape index (κ2) is 23.7. The van der Waals surface area contributed by atoms with E-state index in [0.717, 1.165) is 70.6 Å². The van der Waals surface area contributed by atoms with Crippen LogP contribution in [0.3, 0.4) is 0 Å². The highest BCUT2D eigenvalue weighted by atomic mass is 31.3. The molecule has 27 heteroatoms. The SMILES string of the molecule is CN(c1ccccc1)c1ccc2c(-c3ccccc3)c3ccc(=[N+](C)c4ccccc4)cc-3oc2c1.CN1CCC(C(=O)NCNc2[nH]c(=O)nc3c2ncn3[C@H]2CC(O)[C@@H](COP(=O)([O-])OP(=O)([O-])OP(=O)([O-])O)O2)CC1. The number of hydrogen-bond donors (Lipinski definition) is 5. The number of aromatic amines is 1. The molecular weight excluding hydrogens is 1070 g/mol. The largest absolute Gasteiger partial charge is 0.756 e. The van der Waals surface area contributed by atoms with E-state index in [1.54, 1.807) is 0 Å². The fraction of sp³-hybridized carbons (Fsp3) is 0.275. The molecule has 5 heterocycles. The van der Waals surface area contributed by atoms with Crippen LogP contribution in [0.2, 0.25) is 0 Å². The molecule has 0 saturated carbocycles. The second-order valence-corrected chi connectivity index (χ2v) is 22.8. The second-order valence-electron chi connectivity index (χ2n) is 18.5. The number of nitrogens with one attached hydrogen (secondary N) is 3. The molecule has 2 aromatic heterocycles. The summed E-state index contributed by atoms with van der Waals surface area (Å²) in [4.78, 5) is 81.7. The minimum Gasteiger partial charge on any atom is -0.756 e. The maximum atomic E-state index is 12.5. The Morgan fingerprint density at radius 3 is 2.27 bits per heavy atom.